The van der Waals surface area contributed by atoms with Gasteiger partial charge in [0.1, 0.15) is 11.3 Å². The van der Waals surface area contributed by atoms with E-state index in [1.165, 1.54) is 0 Å². The molecule has 1 atom stereocenters. The second kappa shape index (κ2) is 3.58. The molecule has 0 aromatic carbocycles. The van der Waals surface area contributed by atoms with Gasteiger partial charge in [-0.05, 0) is 19.9 Å². The first-order chi connectivity index (χ1) is 5.24. The number of alkyl halides is 1. The number of aliphatic imine (C=N–C) groups is 1. The van der Waals surface area contributed by atoms with Crippen LogP contribution in [0, 0.1) is 0 Å². The van der Waals surface area contributed by atoms with E-state index in [4.69, 9.17) is 11.6 Å². The quantitative estimate of drug-likeness (QED) is 0.473. The van der Waals surface area contributed by atoms with Crippen molar-refractivity contribution in [3.8, 4) is 0 Å². The van der Waals surface area contributed by atoms with E-state index >= 15 is 0 Å². The maximum absolute atomic E-state index is 5.70. The van der Waals surface area contributed by atoms with E-state index in [1.54, 1.807) is 0 Å². The summed E-state index contributed by atoms with van der Waals surface area (Å²) in [4.78, 5) is 4.17. The van der Waals surface area contributed by atoms with Crippen LogP contribution in [-0.2, 0) is 0 Å². The average molecular weight is 171 g/mol. The van der Waals surface area contributed by atoms with E-state index in [0.29, 0.717) is 0 Å². The van der Waals surface area contributed by atoms with Crippen molar-refractivity contribution < 1.29 is 0 Å². The third-order valence-corrected chi connectivity index (χ3v) is 1.47. The predicted octanol–water partition coefficient (Wildman–Crippen LogP) is 2.03. The third-order valence-electron chi connectivity index (χ3n) is 1.37. The zero-order valence-electron chi connectivity index (χ0n) is 6.63. The SMILES string of the molecule is C/C=C1/C=CNC1=NC(C)Cl. The molecular formula is C8H11ClN2. The Bertz CT molecular complexity index is 226. The highest BCUT2D eigenvalue weighted by Crippen LogP contribution is 2.07. The topological polar surface area (TPSA) is 24.4 Å². The lowest BCUT2D eigenvalue weighted by molar-refractivity contribution is 1.01. The number of halogens is 1. The molecule has 1 N–H and O–H groups in total. The molecule has 11 heavy (non-hydrogen) atoms. The molecule has 0 saturated carbocycles. The second-order valence-corrected chi connectivity index (χ2v) is 2.91. The fourth-order valence-electron chi connectivity index (χ4n) is 0.895. The van der Waals surface area contributed by atoms with Gasteiger partial charge in [-0.1, -0.05) is 17.7 Å². The average Bonchev–Trinajstić information content (AvgIpc) is 2.34. The molecule has 0 fully saturated rings. The number of hydrogen-bond acceptors (Lipinski definition) is 1. The summed E-state index contributed by atoms with van der Waals surface area (Å²) in [5.41, 5.74) is 0.921. The van der Waals surface area contributed by atoms with Crippen LogP contribution in [0.3, 0.4) is 0 Å². The van der Waals surface area contributed by atoms with Crippen LogP contribution in [0.4, 0.5) is 0 Å². The Morgan fingerprint density at radius 2 is 2.45 bits per heavy atom. The molecule has 2 nitrogen and oxygen atoms in total. The number of nitrogens with one attached hydrogen (secondary N) is 1. The van der Waals surface area contributed by atoms with Gasteiger partial charge >= 0.3 is 0 Å². The Kier molecular flexibility index (Phi) is 2.71. The monoisotopic (exact) mass is 170 g/mol. The highest BCUT2D eigenvalue weighted by atomic mass is 35.5. The first-order valence-corrected chi connectivity index (χ1v) is 3.99. The van der Waals surface area contributed by atoms with Crippen LogP contribution in [0.5, 0.6) is 0 Å². The van der Waals surface area contributed by atoms with Crippen LogP contribution in [-0.4, -0.2) is 11.3 Å². The summed E-state index contributed by atoms with van der Waals surface area (Å²) in [5.74, 6) is 0.856. The zero-order chi connectivity index (χ0) is 8.27. The summed E-state index contributed by atoms with van der Waals surface area (Å²) >= 11 is 5.70. The number of nitrogens with zero attached hydrogens (tertiary/aromatic N) is 1. The van der Waals surface area contributed by atoms with Gasteiger partial charge in [-0.3, -0.25) is 0 Å². The van der Waals surface area contributed by atoms with Crippen LogP contribution in [0.25, 0.3) is 0 Å². The maximum atomic E-state index is 5.70. The molecule has 0 radical (unpaired) electrons. The number of allylic oxidation sites excluding steroid dienone is 1. The van der Waals surface area contributed by atoms with Crippen molar-refractivity contribution in [1.29, 1.82) is 0 Å². The summed E-state index contributed by atoms with van der Waals surface area (Å²) in [6.45, 7) is 3.81. The van der Waals surface area contributed by atoms with Gasteiger partial charge in [-0.2, -0.15) is 0 Å². The molecule has 0 bridgehead atoms. The van der Waals surface area contributed by atoms with Crippen molar-refractivity contribution >= 4 is 17.4 Å². The Labute approximate surface area is 71.7 Å². The molecule has 60 valence electrons. The van der Waals surface area contributed by atoms with Gasteiger partial charge in [-0.25, -0.2) is 4.99 Å². The molecule has 0 amide bonds. The Hall–Kier alpha value is -0.760. The van der Waals surface area contributed by atoms with E-state index in [0.717, 1.165) is 11.4 Å². The van der Waals surface area contributed by atoms with Crippen molar-refractivity contribution in [3.63, 3.8) is 0 Å². The summed E-state index contributed by atoms with van der Waals surface area (Å²) < 4.78 is 0. The van der Waals surface area contributed by atoms with E-state index in [1.807, 2.05) is 32.2 Å². The van der Waals surface area contributed by atoms with E-state index in [2.05, 4.69) is 10.3 Å². The largest absolute Gasteiger partial charge is 0.346 e. The lowest BCUT2D eigenvalue weighted by Crippen LogP contribution is -2.14. The molecule has 1 unspecified atom stereocenters. The highest BCUT2D eigenvalue weighted by Gasteiger charge is 2.07. The zero-order valence-corrected chi connectivity index (χ0v) is 7.39. The summed E-state index contributed by atoms with van der Waals surface area (Å²) in [5, 5.41) is 3.01. The molecule has 0 spiro atoms. The molecule has 0 aromatic rings. The van der Waals surface area contributed by atoms with Crippen molar-refractivity contribution in [2.75, 3.05) is 0 Å². The van der Waals surface area contributed by atoms with Gasteiger partial charge < -0.3 is 5.32 Å². The van der Waals surface area contributed by atoms with Crippen LogP contribution >= 0.6 is 11.6 Å². The lowest BCUT2D eigenvalue weighted by Gasteiger charge is -2.00. The fraction of sp³-hybridized carbons (Fsp3) is 0.375. The first kappa shape index (κ1) is 8.34. The van der Waals surface area contributed by atoms with Gasteiger partial charge in [-0.15, -0.1) is 0 Å². The summed E-state index contributed by atoms with van der Waals surface area (Å²) in [6.07, 6.45) is 5.82. The normalized spacial score (nSPS) is 26.1. The van der Waals surface area contributed by atoms with Gasteiger partial charge in [0.15, 0.2) is 0 Å². The maximum Gasteiger partial charge on any atom is 0.133 e. The van der Waals surface area contributed by atoms with Gasteiger partial charge in [0.05, 0.1) is 0 Å². The fourth-order valence-corrected chi connectivity index (χ4v) is 0.993. The van der Waals surface area contributed by atoms with Gasteiger partial charge in [0.2, 0.25) is 0 Å². The number of hydrogen-bond donors (Lipinski definition) is 1. The minimum absolute atomic E-state index is 0.174. The van der Waals surface area contributed by atoms with Crippen LogP contribution in [0.2, 0.25) is 0 Å². The third kappa shape index (κ3) is 2.09. The molecule has 0 aromatic heterocycles. The van der Waals surface area contributed by atoms with Crippen LogP contribution in [0.15, 0.2) is 28.9 Å². The minimum atomic E-state index is -0.174. The number of rotatable bonds is 1. The Morgan fingerprint density at radius 1 is 1.73 bits per heavy atom. The van der Waals surface area contributed by atoms with Crippen molar-refractivity contribution in [2.24, 2.45) is 4.99 Å². The van der Waals surface area contributed by atoms with E-state index in [-0.39, 0.29) is 5.50 Å². The predicted molar refractivity (Wildman–Crippen MR) is 48.8 cm³/mol. The molecule has 1 aliphatic heterocycles. The molecular weight excluding hydrogens is 160 g/mol. The summed E-state index contributed by atoms with van der Waals surface area (Å²) in [7, 11) is 0. The minimum Gasteiger partial charge on any atom is -0.346 e. The molecule has 1 heterocycles. The number of amidine groups is 1. The van der Waals surface area contributed by atoms with Crippen LogP contribution in [0.1, 0.15) is 13.8 Å². The molecule has 0 aliphatic carbocycles. The lowest BCUT2D eigenvalue weighted by atomic mass is 10.2. The van der Waals surface area contributed by atoms with Crippen molar-refractivity contribution in [3.05, 3.63) is 23.9 Å². The van der Waals surface area contributed by atoms with Gasteiger partial charge in [0, 0.05) is 11.8 Å². The smallest absolute Gasteiger partial charge is 0.133 e. The first-order valence-electron chi connectivity index (χ1n) is 3.55. The molecule has 3 heteroatoms. The highest BCUT2D eigenvalue weighted by molar-refractivity contribution is 6.21. The van der Waals surface area contributed by atoms with Gasteiger partial charge in [0.25, 0.3) is 0 Å². The molecule has 1 rings (SSSR count). The second-order valence-electron chi connectivity index (χ2n) is 2.27. The standard InChI is InChI=1S/C8H11ClN2/c1-3-7-4-5-10-8(7)11-6(2)9/h3-6H,1-2H3,(H,10,11)/b7-3-. The van der Waals surface area contributed by atoms with Crippen molar-refractivity contribution in [1.82, 2.24) is 5.32 Å². The van der Waals surface area contributed by atoms with E-state index < -0.39 is 0 Å². The Balaban J connectivity index is 2.76. The van der Waals surface area contributed by atoms with E-state index in [9.17, 15) is 0 Å². The Morgan fingerprint density at radius 3 is 3.00 bits per heavy atom. The molecule has 1 aliphatic rings. The summed E-state index contributed by atoms with van der Waals surface area (Å²) in [6, 6.07) is 0. The molecule has 0 saturated heterocycles. The van der Waals surface area contributed by atoms with Crippen molar-refractivity contribution in [2.45, 2.75) is 19.3 Å². The van der Waals surface area contributed by atoms with Crippen LogP contribution < -0.4 is 5.32 Å².